The minimum Gasteiger partial charge on any atom is -0.469 e. The van der Waals surface area contributed by atoms with Gasteiger partial charge in [0.05, 0.1) is 13.5 Å². The zero-order valence-corrected chi connectivity index (χ0v) is 6.04. The average Bonchev–Trinajstić information content (AvgIpc) is 1.88. The summed E-state index contributed by atoms with van der Waals surface area (Å²) >= 11 is 0. The summed E-state index contributed by atoms with van der Waals surface area (Å²) in [6, 6.07) is -0.280. The third-order valence-electron chi connectivity index (χ3n) is 1.16. The number of ether oxygens (including phenoxy) is 1. The number of esters is 1. The Morgan fingerprint density at radius 1 is 1.80 bits per heavy atom. The van der Waals surface area contributed by atoms with Crippen molar-refractivity contribution < 1.29 is 14.6 Å². The summed E-state index contributed by atoms with van der Waals surface area (Å²) in [6.45, 7) is 0.0121. The fourth-order valence-electron chi connectivity index (χ4n) is 0.565. The van der Waals surface area contributed by atoms with E-state index in [0.717, 1.165) is 0 Å². The second kappa shape index (κ2) is 5.20. The first kappa shape index (κ1) is 9.39. The molecule has 3 N–H and O–H groups in total. The van der Waals surface area contributed by atoms with Crippen LogP contribution in [-0.2, 0) is 9.53 Å². The van der Waals surface area contributed by atoms with Crippen molar-refractivity contribution in [1.82, 2.24) is 0 Å². The molecular formula is C6H13NO3. The molecule has 0 fully saturated rings. The molecule has 0 radical (unpaired) electrons. The maximum absolute atomic E-state index is 10.5. The maximum atomic E-state index is 10.5. The van der Waals surface area contributed by atoms with Crippen molar-refractivity contribution in [2.24, 2.45) is 5.73 Å². The van der Waals surface area contributed by atoms with E-state index in [9.17, 15) is 4.79 Å². The first-order valence-corrected chi connectivity index (χ1v) is 3.14. The van der Waals surface area contributed by atoms with E-state index < -0.39 is 0 Å². The van der Waals surface area contributed by atoms with Crippen molar-refractivity contribution in [3.63, 3.8) is 0 Å². The van der Waals surface area contributed by atoms with Crippen LogP contribution in [-0.4, -0.2) is 30.8 Å². The second-order valence-electron chi connectivity index (χ2n) is 2.05. The third kappa shape index (κ3) is 4.29. The molecule has 0 aromatic carbocycles. The van der Waals surface area contributed by atoms with Gasteiger partial charge in [-0.3, -0.25) is 4.79 Å². The molecule has 10 heavy (non-hydrogen) atoms. The van der Waals surface area contributed by atoms with Crippen LogP contribution in [0.2, 0.25) is 0 Å². The highest BCUT2D eigenvalue weighted by molar-refractivity contribution is 5.69. The highest BCUT2D eigenvalue weighted by Gasteiger charge is 2.07. The van der Waals surface area contributed by atoms with Crippen molar-refractivity contribution in [3.8, 4) is 0 Å². The molecule has 0 aliphatic heterocycles. The molecule has 0 saturated carbocycles. The summed E-state index contributed by atoms with van der Waals surface area (Å²) in [4.78, 5) is 10.5. The van der Waals surface area contributed by atoms with E-state index in [2.05, 4.69) is 4.74 Å². The fourth-order valence-corrected chi connectivity index (χ4v) is 0.565. The zero-order chi connectivity index (χ0) is 7.98. The fraction of sp³-hybridized carbons (Fsp3) is 0.833. The van der Waals surface area contributed by atoms with Gasteiger partial charge < -0.3 is 15.6 Å². The number of rotatable bonds is 4. The van der Waals surface area contributed by atoms with Crippen LogP contribution in [0.5, 0.6) is 0 Å². The SMILES string of the molecule is COC(=O)C[C@H](N)CCO. The number of hydrogen-bond acceptors (Lipinski definition) is 4. The van der Waals surface area contributed by atoms with Gasteiger partial charge in [-0.2, -0.15) is 0 Å². The molecule has 0 unspecified atom stereocenters. The summed E-state index contributed by atoms with van der Waals surface area (Å²) in [7, 11) is 1.31. The van der Waals surface area contributed by atoms with Crippen molar-refractivity contribution >= 4 is 5.97 Å². The number of aliphatic hydroxyl groups excluding tert-OH is 1. The van der Waals surface area contributed by atoms with Gasteiger partial charge in [0.25, 0.3) is 0 Å². The van der Waals surface area contributed by atoms with Crippen molar-refractivity contribution in [1.29, 1.82) is 0 Å². The van der Waals surface area contributed by atoms with Crippen LogP contribution in [0, 0.1) is 0 Å². The number of nitrogens with two attached hydrogens (primary N) is 1. The molecule has 60 valence electrons. The molecule has 0 aliphatic carbocycles. The normalized spacial score (nSPS) is 12.7. The first-order valence-electron chi connectivity index (χ1n) is 3.14. The third-order valence-corrected chi connectivity index (χ3v) is 1.16. The largest absolute Gasteiger partial charge is 0.469 e. The lowest BCUT2D eigenvalue weighted by atomic mass is 10.2. The summed E-state index contributed by atoms with van der Waals surface area (Å²) in [5.41, 5.74) is 5.40. The molecule has 0 heterocycles. The van der Waals surface area contributed by atoms with Crippen LogP contribution < -0.4 is 5.73 Å². The predicted octanol–water partition coefficient (Wildman–Crippen LogP) is -0.741. The molecule has 0 bridgehead atoms. The second-order valence-corrected chi connectivity index (χ2v) is 2.05. The van der Waals surface area contributed by atoms with Gasteiger partial charge in [-0.05, 0) is 6.42 Å². The van der Waals surface area contributed by atoms with E-state index in [4.69, 9.17) is 10.8 Å². The van der Waals surface area contributed by atoms with Gasteiger partial charge in [0.1, 0.15) is 0 Å². The summed E-state index contributed by atoms with van der Waals surface area (Å²) in [6.07, 6.45) is 0.617. The summed E-state index contributed by atoms with van der Waals surface area (Å²) in [5, 5.41) is 8.39. The molecule has 0 aromatic rings. The number of methoxy groups -OCH3 is 1. The Kier molecular flexibility index (Phi) is 4.88. The number of aliphatic hydroxyl groups is 1. The lowest BCUT2D eigenvalue weighted by Crippen LogP contribution is -2.25. The van der Waals surface area contributed by atoms with Crippen LogP contribution in [0.15, 0.2) is 0 Å². The minimum atomic E-state index is -0.332. The quantitative estimate of drug-likeness (QED) is 0.514. The molecule has 1 atom stereocenters. The Hall–Kier alpha value is -0.610. The topological polar surface area (TPSA) is 72.5 Å². The van der Waals surface area contributed by atoms with Gasteiger partial charge in [-0.25, -0.2) is 0 Å². The highest BCUT2D eigenvalue weighted by Crippen LogP contribution is 1.94. The predicted molar refractivity (Wildman–Crippen MR) is 36.3 cm³/mol. The molecule has 0 spiro atoms. The van der Waals surface area contributed by atoms with E-state index >= 15 is 0 Å². The minimum absolute atomic E-state index is 0.0121. The van der Waals surface area contributed by atoms with Gasteiger partial charge in [0.15, 0.2) is 0 Å². The summed E-state index contributed by atoms with van der Waals surface area (Å²) < 4.78 is 4.37. The Bertz CT molecular complexity index is 105. The van der Waals surface area contributed by atoms with E-state index in [1.54, 1.807) is 0 Å². The Balaban J connectivity index is 3.37. The Morgan fingerprint density at radius 3 is 2.80 bits per heavy atom. The van der Waals surface area contributed by atoms with Gasteiger partial charge in [0, 0.05) is 12.6 Å². The number of carbonyl (C=O) groups excluding carboxylic acids is 1. The highest BCUT2D eigenvalue weighted by atomic mass is 16.5. The lowest BCUT2D eigenvalue weighted by Gasteiger charge is -2.06. The standard InChI is InChI=1S/C6H13NO3/c1-10-6(9)4-5(7)2-3-8/h5,8H,2-4,7H2,1H3/t5-/m1/s1. The Morgan fingerprint density at radius 2 is 2.40 bits per heavy atom. The van der Waals surface area contributed by atoms with Crippen LogP contribution in [0.25, 0.3) is 0 Å². The monoisotopic (exact) mass is 147 g/mol. The Labute approximate surface area is 60.0 Å². The van der Waals surface area contributed by atoms with Crippen molar-refractivity contribution in [2.75, 3.05) is 13.7 Å². The van der Waals surface area contributed by atoms with Crippen molar-refractivity contribution in [3.05, 3.63) is 0 Å². The van der Waals surface area contributed by atoms with E-state index in [1.165, 1.54) is 7.11 Å². The van der Waals surface area contributed by atoms with E-state index in [1.807, 2.05) is 0 Å². The van der Waals surface area contributed by atoms with Crippen molar-refractivity contribution in [2.45, 2.75) is 18.9 Å². The molecule has 4 nitrogen and oxygen atoms in total. The van der Waals surface area contributed by atoms with E-state index in [-0.39, 0.29) is 25.0 Å². The van der Waals surface area contributed by atoms with Crippen LogP contribution in [0.3, 0.4) is 0 Å². The number of hydrogen-bond donors (Lipinski definition) is 2. The van der Waals surface area contributed by atoms with Crippen LogP contribution in [0.1, 0.15) is 12.8 Å². The van der Waals surface area contributed by atoms with Gasteiger partial charge in [-0.1, -0.05) is 0 Å². The molecule has 0 rings (SSSR count). The molecule has 0 amide bonds. The van der Waals surface area contributed by atoms with E-state index in [0.29, 0.717) is 6.42 Å². The zero-order valence-electron chi connectivity index (χ0n) is 6.04. The molecule has 0 saturated heterocycles. The molecule has 4 heteroatoms. The van der Waals surface area contributed by atoms with Gasteiger partial charge >= 0.3 is 5.97 Å². The molecular weight excluding hydrogens is 134 g/mol. The van der Waals surface area contributed by atoms with Gasteiger partial charge in [-0.15, -0.1) is 0 Å². The first-order chi connectivity index (χ1) is 4.70. The average molecular weight is 147 g/mol. The smallest absolute Gasteiger partial charge is 0.307 e. The van der Waals surface area contributed by atoms with Gasteiger partial charge in [0.2, 0.25) is 0 Å². The molecule has 0 aromatic heterocycles. The summed E-state index contributed by atoms with van der Waals surface area (Å²) in [5.74, 6) is -0.332. The van der Waals surface area contributed by atoms with Crippen LogP contribution in [0.4, 0.5) is 0 Å². The lowest BCUT2D eigenvalue weighted by molar-refractivity contribution is -0.141. The van der Waals surface area contributed by atoms with Crippen LogP contribution >= 0.6 is 0 Å². The maximum Gasteiger partial charge on any atom is 0.307 e. The molecule has 0 aliphatic rings. The number of carbonyl (C=O) groups is 1.